The first-order valence-corrected chi connectivity index (χ1v) is 5.41. The topological polar surface area (TPSA) is 22.1 Å². The highest BCUT2D eigenvalue weighted by Crippen LogP contribution is 2.22. The van der Waals surface area contributed by atoms with Crippen LogP contribution in [0, 0.1) is 0 Å². The van der Waals surface area contributed by atoms with Crippen LogP contribution in [-0.2, 0) is 12.8 Å². The van der Waals surface area contributed by atoms with Crippen molar-refractivity contribution in [2.24, 2.45) is 0 Å². The molecule has 1 aliphatic rings. The van der Waals surface area contributed by atoms with Gasteiger partial charge in [-0.05, 0) is 45.1 Å². The Hall–Kier alpha value is -1.05. The maximum atomic E-state index is 5.57. The third-order valence-corrected chi connectivity index (χ3v) is 2.51. The quantitative estimate of drug-likeness (QED) is 0.717. The third-order valence-electron chi connectivity index (χ3n) is 2.51. The Morgan fingerprint density at radius 1 is 1.21 bits per heavy atom. The zero-order valence-corrected chi connectivity index (χ0v) is 8.92. The second kappa shape index (κ2) is 3.99. The molecule has 1 aromatic heterocycles. The van der Waals surface area contributed by atoms with E-state index in [2.05, 4.69) is 11.1 Å². The monoisotopic (exact) mass is 191 g/mol. The molecule has 0 N–H and O–H groups in total. The van der Waals surface area contributed by atoms with Gasteiger partial charge in [-0.1, -0.05) is 6.07 Å². The van der Waals surface area contributed by atoms with Crippen LogP contribution in [0.15, 0.2) is 12.1 Å². The molecular formula is C12H17NO. The molecule has 0 saturated carbocycles. The minimum Gasteiger partial charge on any atom is -0.475 e. The van der Waals surface area contributed by atoms with Crippen LogP contribution >= 0.6 is 0 Å². The lowest BCUT2D eigenvalue weighted by atomic mass is 9.96. The van der Waals surface area contributed by atoms with Crippen LogP contribution in [0.4, 0.5) is 0 Å². The van der Waals surface area contributed by atoms with Gasteiger partial charge in [-0.2, -0.15) is 0 Å². The molecule has 0 bridgehead atoms. The first-order valence-electron chi connectivity index (χ1n) is 5.41. The maximum absolute atomic E-state index is 5.57. The van der Waals surface area contributed by atoms with Gasteiger partial charge < -0.3 is 4.74 Å². The van der Waals surface area contributed by atoms with E-state index in [1.54, 1.807) is 0 Å². The average Bonchev–Trinajstić information content (AvgIpc) is 2.17. The predicted octanol–water partition coefficient (Wildman–Crippen LogP) is 2.75. The fourth-order valence-corrected chi connectivity index (χ4v) is 1.87. The molecule has 0 aliphatic heterocycles. The van der Waals surface area contributed by atoms with E-state index < -0.39 is 0 Å². The summed E-state index contributed by atoms with van der Waals surface area (Å²) in [5, 5.41) is 0. The fourth-order valence-electron chi connectivity index (χ4n) is 1.87. The number of aromatic nitrogens is 1. The summed E-state index contributed by atoms with van der Waals surface area (Å²) in [6, 6.07) is 4.16. The molecule has 0 spiro atoms. The molecule has 14 heavy (non-hydrogen) atoms. The highest BCUT2D eigenvalue weighted by molar-refractivity contribution is 5.27. The van der Waals surface area contributed by atoms with Crippen molar-refractivity contribution in [1.82, 2.24) is 4.98 Å². The summed E-state index contributed by atoms with van der Waals surface area (Å²) in [6.07, 6.45) is 5.09. The van der Waals surface area contributed by atoms with Gasteiger partial charge in [0.05, 0.1) is 6.10 Å². The van der Waals surface area contributed by atoms with E-state index >= 15 is 0 Å². The summed E-state index contributed by atoms with van der Waals surface area (Å²) in [5.74, 6) is 0.778. The molecule has 1 aliphatic carbocycles. The van der Waals surface area contributed by atoms with E-state index in [-0.39, 0.29) is 6.10 Å². The molecule has 0 aromatic carbocycles. The molecule has 1 heterocycles. The number of hydrogen-bond donors (Lipinski definition) is 0. The molecule has 2 nitrogen and oxygen atoms in total. The second-order valence-electron chi connectivity index (χ2n) is 4.13. The Kier molecular flexibility index (Phi) is 2.71. The molecule has 2 rings (SSSR count). The van der Waals surface area contributed by atoms with E-state index in [1.165, 1.54) is 30.5 Å². The summed E-state index contributed by atoms with van der Waals surface area (Å²) in [6.45, 7) is 4.06. The van der Waals surface area contributed by atoms with Crippen molar-refractivity contribution in [3.8, 4) is 5.88 Å². The lowest BCUT2D eigenvalue weighted by Gasteiger charge is -2.16. The predicted molar refractivity (Wildman–Crippen MR) is 56.6 cm³/mol. The zero-order valence-electron chi connectivity index (χ0n) is 8.92. The van der Waals surface area contributed by atoms with Crippen LogP contribution in [0.25, 0.3) is 0 Å². The zero-order chi connectivity index (χ0) is 9.97. The number of ether oxygens (including phenoxy) is 1. The minimum absolute atomic E-state index is 0.212. The minimum atomic E-state index is 0.212. The molecule has 0 amide bonds. The van der Waals surface area contributed by atoms with Crippen molar-refractivity contribution < 1.29 is 4.74 Å². The van der Waals surface area contributed by atoms with E-state index in [0.29, 0.717) is 0 Å². The number of rotatable bonds is 2. The van der Waals surface area contributed by atoms with Gasteiger partial charge >= 0.3 is 0 Å². The Balaban J connectivity index is 2.20. The number of fused-ring (bicyclic) bond motifs is 1. The van der Waals surface area contributed by atoms with Gasteiger partial charge in [-0.15, -0.1) is 0 Å². The van der Waals surface area contributed by atoms with E-state index in [9.17, 15) is 0 Å². The van der Waals surface area contributed by atoms with Crippen LogP contribution in [-0.4, -0.2) is 11.1 Å². The molecule has 0 fully saturated rings. The Bertz CT molecular complexity index is 320. The number of hydrogen-bond acceptors (Lipinski definition) is 2. The molecule has 2 heteroatoms. The van der Waals surface area contributed by atoms with Crippen molar-refractivity contribution in [3.05, 3.63) is 23.4 Å². The van der Waals surface area contributed by atoms with E-state index in [0.717, 1.165) is 12.3 Å². The SMILES string of the molecule is CC(C)Oc1ccc2c(n1)CCCC2. The normalized spacial score (nSPS) is 15.4. The number of pyridine rings is 1. The molecule has 0 unspecified atom stereocenters. The maximum Gasteiger partial charge on any atom is 0.213 e. The fraction of sp³-hybridized carbons (Fsp3) is 0.583. The van der Waals surface area contributed by atoms with Gasteiger partial charge in [0, 0.05) is 11.8 Å². The molecule has 0 radical (unpaired) electrons. The molecule has 0 saturated heterocycles. The summed E-state index contributed by atoms with van der Waals surface area (Å²) in [7, 11) is 0. The standard InChI is InChI=1S/C12H17NO/c1-9(2)14-12-8-7-10-5-3-4-6-11(10)13-12/h7-9H,3-6H2,1-2H3. The van der Waals surface area contributed by atoms with Crippen molar-refractivity contribution in [2.45, 2.75) is 45.6 Å². The number of aryl methyl sites for hydroxylation is 2. The lowest BCUT2D eigenvalue weighted by molar-refractivity contribution is 0.231. The van der Waals surface area contributed by atoms with Crippen LogP contribution in [0.3, 0.4) is 0 Å². The molecule has 1 aromatic rings. The van der Waals surface area contributed by atoms with Crippen LogP contribution < -0.4 is 4.74 Å². The van der Waals surface area contributed by atoms with Gasteiger partial charge in [0.15, 0.2) is 0 Å². The first-order chi connectivity index (χ1) is 6.75. The van der Waals surface area contributed by atoms with Gasteiger partial charge in [-0.25, -0.2) is 4.98 Å². The first kappa shape index (κ1) is 9.50. The van der Waals surface area contributed by atoms with Crippen LogP contribution in [0.5, 0.6) is 5.88 Å². The second-order valence-corrected chi connectivity index (χ2v) is 4.13. The smallest absolute Gasteiger partial charge is 0.213 e. The summed E-state index contributed by atoms with van der Waals surface area (Å²) >= 11 is 0. The Morgan fingerprint density at radius 3 is 2.79 bits per heavy atom. The van der Waals surface area contributed by atoms with Crippen molar-refractivity contribution in [3.63, 3.8) is 0 Å². The van der Waals surface area contributed by atoms with Crippen molar-refractivity contribution >= 4 is 0 Å². The largest absolute Gasteiger partial charge is 0.475 e. The summed E-state index contributed by atoms with van der Waals surface area (Å²) in [5.41, 5.74) is 2.65. The Morgan fingerprint density at radius 2 is 2.00 bits per heavy atom. The summed E-state index contributed by atoms with van der Waals surface area (Å²) < 4.78 is 5.57. The summed E-state index contributed by atoms with van der Waals surface area (Å²) in [4.78, 5) is 4.53. The third kappa shape index (κ3) is 2.06. The van der Waals surface area contributed by atoms with Gasteiger partial charge in [-0.3, -0.25) is 0 Å². The van der Waals surface area contributed by atoms with Crippen LogP contribution in [0.2, 0.25) is 0 Å². The van der Waals surface area contributed by atoms with Gasteiger partial charge in [0.1, 0.15) is 0 Å². The lowest BCUT2D eigenvalue weighted by Crippen LogP contribution is -2.10. The molecular weight excluding hydrogens is 174 g/mol. The molecule has 0 atom stereocenters. The van der Waals surface area contributed by atoms with Crippen molar-refractivity contribution in [2.75, 3.05) is 0 Å². The highest BCUT2D eigenvalue weighted by Gasteiger charge is 2.11. The van der Waals surface area contributed by atoms with E-state index in [4.69, 9.17) is 4.74 Å². The van der Waals surface area contributed by atoms with Crippen molar-refractivity contribution in [1.29, 1.82) is 0 Å². The van der Waals surface area contributed by atoms with Gasteiger partial charge in [0.2, 0.25) is 5.88 Å². The molecule has 76 valence electrons. The highest BCUT2D eigenvalue weighted by atomic mass is 16.5. The average molecular weight is 191 g/mol. The number of nitrogens with zero attached hydrogens (tertiary/aromatic N) is 1. The Labute approximate surface area is 85.3 Å². The van der Waals surface area contributed by atoms with Crippen LogP contribution in [0.1, 0.15) is 37.9 Å². The van der Waals surface area contributed by atoms with E-state index in [1.807, 2.05) is 19.9 Å². The van der Waals surface area contributed by atoms with Gasteiger partial charge in [0.25, 0.3) is 0 Å².